The summed E-state index contributed by atoms with van der Waals surface area (Å²) in [5.74, 6) is 0. The van der Waals surface area contributed by atoms with E-state index in [0.29, 0.717) is 0 Å². The number of hydrogen-bond donors (Lipinski definition) is 0. The van der Waals surface area contributed by atoms with Gasteiger partial charge in [-0.3, -0.25) is 0 Å². The third-order valence-electron chi connectivity index (χ3n) is 26.0. The lowest BCUT2D eigenvalue weighted by atomic mass is 9.68. The van der Waals surface area contributed by atoms with Gasteiger partial charge in [0, 0.05) is 67.0 Å². The van der Waals surface area contributed by atoms with Crippen LogP contribution in [-0.2, 0) is 10.8 Å². The zero-order valence-electron chi connectivity index (χ0n) is 68.1. The number of aromatic nitrogens is 2. The first-order chi connectivity index (χ1) is 61.5. The van der Waals surface area contributed by atoms with Crippen LogP contribution in [0.25, 0.3) is 121 Å². The molecule has 0 unspecified atom stereocenters. The van der Waals surface area contributed by atoms with Crippen molar-refractivity contribution in [2.75, 3.05) is 9.80 Å². The van der Waals surface area contributed by atoms with Crippen molar-refractivity contribution in [2.45, 2.75) is 10.8 Å². The van der Waals surface area contributed by atoms with Gasteiger partial charge >= 0.3 is 0 Å². The average molecular weight is 1580 g/mol. The molecule has 0 saturated carbocycles. The zero-order valence-corrected chi connectivity index (χ0v) is 68.1. The summed E-state index contributed by atoms with van der Waals surface area (Å²) in [6, 6.07) is 182. The van der Waals surface area contributed by atoms with Crippen molar-refractivity contribution in [2.24, 2.45) is 0 Å². The molecule has 22 aromatic rings. The van der Waals surface area contributed by atoms with Crippen LogP contribution in [0.15, 0.2) is 497 Å². The predicted molar refractivity (Wildman–Crippen MR) is 519 cm³/mol. The van der Waals surface area contributed by atoms with Crippen LogP contribution in [0.5, 0.6) is 0 Å². The van der Waals surface area contributed by atoms with Gasteiger partial charge < -0.3 is 18.9 Å². The maximum absolute atomic E-state index is 2.41. The summed E-state index contributed by atoms with van der Waals surface area (Å²) in [6.07, 6.45) is 0. The quantitative estimate of drug-likeness (QED) is 0.102. The van der Waals surface area contributed by atoms with Crippen molar-refractivity contribution in [3.05, 3.63) is 542 Å². The Balaban J connectivity index is 0.000000143. The Morgan fingerprint density at radius 3 is 0.831 bits per heavy atom. The van der Waals surface area contributed by atoms with Crippen LogP contribution in [0.4, 0.5) is 34.1 Å². The van der Waals surface area contributed by atoms with Crippen LogP contribution in [0.3, 0.4) is 0 Å². The maximum atomic E-state index is 2.41. The molecule has 0 aliphatic heterocycles. The summed E-state index contributed by atoms with van der Waals surface area (Å²) in [5.41, 5.74) is 35.4. The Labute approximate surface area is 722 Å². The van der Waals surface area contributed by atoms with E-state index in [2.05, 4.69) is 516 Å². The number of fused-ring (bicyclic) bond motifs is 13. The van der Waals surface area contributed by atoms with E-state index in [1.165, 1.54) is 155 Å². The van der Waals surface area contributed by atoms with Crippen molar-refractivity contribution in [1.29, 1.82) is 0 Å². The second-order valence-electron chi connectivity index (χ2n) is 32.5. The van der Waals surface area contributed by atoms with Gasteiger partial charge in [-0.05, 0) is 232 Å². The van der Waals surface area contributed by atoms with Gasteiger partial charge in [0.2, 0.25) is 0 Å². The molecule has 0 spiro atoms. The van der Waals surface area contributed by atoms with E-state index in [4.69, 9.17) is 0 Å². The van der Waals surface area contributed by atoms with Crippen molar-refractivity contribution in [3.8, 4) is 67.0 Å². The molecule has 0 amide bonds. The molecule has 0 bridgehead atoms. The summed E-state index contributed by atoms with van der Waals surface area (Å²) in [4.78, 5) is 4.82. The number of rotatable bonds is 15. The molecule has 0 saturated heterocycles. The largest absolute Gasteiger partial charge is 0.310 e. The first kappa shape index (κ1) is 73.0. The van der Waals surface area contributed by atoms with E-state index in [1.807, 2.05) is 0 Å². The van der Waals surface area contributed by atoms with Crippen molar-refractivity contribution in [3.63, 3.8) is 0 Å². The normalized spacial score (nSPS) is 12.6. The molecular formula is C120H82N4. The van der Waals surface area contributed by atoms with E-state index in [1.54, 1.807) is 0 Å². The van der Waals surface area contributed by atoms with Crippen LogP contribution in [0.1, 0.15) is 44.5 Å². The number of hydrogen-bond acceptors (Lipinski definition) is 2. The molecule has 0 radical (unpaired) electrons. The molecule has 20 aromatic carbocycles. The Bertz CT molecular complexity index is 7630. The Morgan fingerprint density at radius 1 is 0.161 bits per heavy atom. The lowest BCUT2D eigenvalue weighted by Gasteiger charge is -2.34. The molecule has 2 aliphatic rings. The lowest BCUT2D eigenvalue weighted by Crippen LogP contribution is -2.28. The molecule has 0 N–H and O–H groups in total. The topological polar surface area (TPSA) is 16.3 Å². The van der Waals surface area contributed by atoms with Gasteiger partial charge in [-0.1, -0.05) is 376 Å². The molecule has 124 heavy (non-hydrogen) atoms. The number of para-hydroxylation sites is 4. The third-order valence-corrected chi connectivity index (χ3v) is 26.0. The molecule has 24 rings (SSSR count). The molecule has 2 aliphatic carbocycles. The summed E-state index contributed by atoms with van der Waals surface area (Å²) < 4.78 is 4.76. The predicted octanol–water partition coefficient (Wildman–Crippen LogP) is 31.4. The monoisotopic (exact) mass is 1580 g/mol. The van der Waals surface area contributed by atoms with Gasteiger partial charge in [0.25, 0.3) is 0 Å². The third kappa shape index (κ3) is 12.0. The van der Waals surface area contributed by atoms with E-state index in [-0.39, 0.29) is 0 Å². The Hall–Kier alpha value is -16.1. The fraction of sp³-hybridized carbons (Fsp3) is 0.0167. The van der Waals surface area contributed by atoms with E-state index < -0.39 is 10.8 Å². The number of anilines is 6. The smallest absolute Gasteiger partial charge is 0.0713 e. The minimum atomic E-state index is -0.465. The molecule has 0 atom stereocenters. The van der Waals surface area contributed by atoms with Gasteiger partial charge in [0.1, 0.15) is 0 Å². The standard InChI is InChI=1S/C61H42N2.C59H40N2/c1-4-16-43(17-5-1)44-28-30-45(31-29-44)46-32-36-50(37-33-46)62(52-40-41-60-56(42-52)55-24-12-15-27-59(55)63(60)49-20-8-3-9-21-49)51-38-34-48(35-39-51)61(47-18-6-2-7-19-47)57-25-13-10-22-53(57)54-23-11-14-26-58(54)61;1-3-18-43(19-4-1)59(55-27-12-9-23-51(55)52-24-10-13-28-56(52)59)44-32-36-47(37-33-44)60(46-34-30-42(31-35-46)50-26-15-17-41-16-7-8-22-49(41)50)48-38-39-58-54(40-48)53-25-11-14-29-57(53)61(58)45-20-5-2-6-21-45/h1-42H;1-40H. The van der Waals surface area contributed by atoms with Crippen molar-refractivity contribution in [1.82, 2.24) is 9.13 Å². The average Bonchev–Trinajstić information content (AvgIpc) is 1.54. The highest BCUT2D eigenvalue weighted by Crippen LogP contribution is 2.59. The second kappa shape index (κ2) is 30.6. The zero-order chi connectivity index (χ0) is 82.1. The molecule has 2 aromatic heterocycles. The van der Waals surface area contributed by atoms with Crippen molar-refractivity contribution >= 4 is 88.5 Å². The molecule has 0 fully saturated rings. The molecule has 2 heterocycles. The van der Waals surface area contributed by atoms with Crippen molar-refractivity contribution < 1.29 is 0 Å². The minimum Gasteiger partial charge on any atom is -0.310 e. The minimum absolute atomic E-state index is 0.462. The fourth-order valence-electron chi connectivity index (χ4n) is 20.5. The summed E-state index contributed by atoms with van der Waals surface area (Å²) >= 11 is 0. The van der Waals surface area contributed by atoms with Crippen LogP contribution in [0, 0.1) is 0 Å². The van der Waals surface area contributed by atoms with Gasteiger partial charge in [-0.2, -0.15) is 0 Å². The summed E-state index contributed by atoms with van der Waals surface area (Å²) in [7, 11) is 0. The van der Waals surface area contributed by atoms with E-state index >= 15 is 0 Å². The Kier molecular flexibility index (Phi) is 18.0. The molecule has 4 heteroatoms. The Morgan fingerprint density at radius 2 is 0.427 bits per heavy atom. The summed E-state index contributed by atoms with van der Waals surface area (Å²) in [6.45, 7) is 0. The lowest BCUT2D eigenvalue weighted by molar-refractivity contribution is 0.768. The van der Waals surface area contributed by atoms with Gasteiger partial charge in [0.15, 0.2) is 0 Å². The van der Waals surface area contributed by atoms with Crippen LogP contribution in [-0.4, -0.2) is 9.13 Å². The highest BCUT2D eigenvalue weighted by atomic mass is 15.2. The summed E-state index contributed by atoms with van der Waals surface area (Å²) in [5, 5.41) is 7.39. The van der Waals surface area contributed by atoms with Gasteiger partial charge in [0.05, 0.1) is 32.9 Å². The highest BCUT2D eigenvalue weighted by molar-refractivity contribution is 6.12. The second-order valence-corrected chi connectivity index (χ2v) is 32.5. The number of nitrogens with zero attached hydrogens (tertiary/aromatic N) is 4. The van der Waals surface area contributed by atoms with E-state index in [9.17, 15) is 0 Å². The van der Waals surface area contributed by atoms with Crippen LogP contribution in [0.2, 0.25) is 0 Å². The van der Waals surface area contributed by atoms with Crippen LogP contribution < -0.4 is 9.80 Å². The molecule has 582 valence electrons. The first-order valence-corrected chi connectivity index (χ1v) is 42.9. The van der Waals surface area contributed by atoms with E-state index in [0.717, 1.165) is 45.5 Å². The van der Waals surface area contributed by atoms with Gasteiger partial charge in [-0.25, -0.2) is 0 Å². The number of benzene rings is 20. The first-order valence-electron chi connectivity index (χ1n) is 42.9. The fourth-order valence-corrected chi connectivity index (χ4v) is 20.5. The molecular weight excluding hydrogens is 1500 g/mol. The van der Waals surface area contributed by atoms with Crippen LogP contribution >= 0.6 is 0 Å². The maximum Gasteiger partial charge on any atom is 0.0713 e. The highest BCUT2D eigenvalue weighted by Gasteiger charge is 2.47. The SMILES string of the molecule is c1ccc(-c2ccc(-c3ccc(N(c4ccc(C5(c6ccccc6)c6ccccc6-c6ccccc65)cc4)c4ccc5c(c4)c4ccccc4n5-c4ccccc4)cc3)cc2)cc1.c1ccc(-n2c3ccccc3c3cc(N(c4ccc(-c5cccc6ccccc56)cc4)c4ccc(C5(c6ccccc6)c6ccccc6-c6ccccc65)cc4)ccc32)cc1. The molecule has 4 nitrogen and oxygen atoms in total. The van der Waals surface area contributed by atoms with Gasteiger partial charge in [-0.15, -0.1) is 0 Å².